The van der Waals surface area contributed by atoms with Gasteiger partial charge in [-0.1, -0.05) is 0 Å². The topological polar surface area (TPSA) is 69.4 Å². The Bertz CT molecular complexity index is 464. The molecule has 0 heterocycles. The number of nitro benzene ring substituents is 1. The van der Waals surface area contributed by atoms with E-state index in [2.05, 4.69) is 4.74 Å². The van der Waals surface area contributed by atoms with Crippen molar-refractivity contribution in [3.8, 4) is 0 Å². The predicted octanol–water partition coefficient (Wildman–Crippen LogP) is 2.65. The molecule has 0 saturated carbocycles. The monoisotopic (exact) mass is 261 g/mol. The Balaban J connectivity index is 3.33. The first-order valence-electron chi connectivity index (χ1n) is 4.71. The van der Waals surface area contributed by atoms with E-state index in [4.69, 9.17) is 11.6 Å². The standard InChI is InChI=1S/C10H9ClFNO4/c1-2-17-10(14)7-3-6(5-11)8(12)4-9(7)13(15)16/h3-4H,2,5H2,1H3. The van der Waals surface area contributed by atoms with Gasteiger partial charge in [0.25, 0.3) is 5.69 Å². The van der Waals surface area contributed by atoms with Gasteiger partial charge in [0.05, 0.1) is 23.5 Å². The summed E-state index contributed by atoms with van der Waals surface area (Å²) in [5.41, 5.74) is -0.913. The highest BCUT2D eigenvalue weighted by Crippen LogP contribution is 2.24. The maximum atomic E-state index is 13.3. The summed E-state index contributed by atoms with van der Waals surface area (Å²) in [5, 5.41) is 10.7. The van der Waals surface area contributed by atoms with Crippen LogP contribution in [0.3, 0.4) is 0 Å². The van der Waals surface area contributed by atoms with E-state index in [1.165, 1.54) is 0 Å². The van der Waals surface area contributed by atoms with Crippen LogP contribution in [0.1, 0.15) is 22.8 Å². The third-order valence-corrected chi connectivity index (χ3v) is 2.29. The van der Waals surface area contributed by atoms with E-state index in [9.17, 15) is 19.3 Å². The van der Waals surface area contributed by atoms with Gasteiger partial charge in [0.1, 0.15) is 11.4 Å². The smallest absolute Gasteiger partial charge is 0.345 e. The number of esters is 1. The molecule has 0 spiro atoms. The summed E-state index contributed by atoms with van der Waals surface area (Å²) in [7, 11) is 0. The van der Waals surface area contributed by atoms with Crippen LogP contribution in [0.5, 0.6) is 0 Å². The van der Waals surface area contributed by atoms with Crippen LogP contribution >= 0.6 is 11.6 Å². The van der Waals surface area contributed by atoms with Crippen LogP contribution in [0.15, 0.2) is 12.1 Å². The van der Waals surface area contributed by atoms with Gasteiger partial charge < -0.3 is 4.74 Å². The SMILES string of the molecule is CCOC(=O)c1cc(CCl)c(F)cc1[N+](=O)[O-]. The van der Waals surface area contributed by atoms with E-state index in [0.29, 0.717) is 6.07 Å². The minimum absolute atomic E-state index is 0.0142. The minimum atomic E-state index is -0.870. The van der Waals surface area contributed by atoms with E-state index < -0.39 is 22.4 Å². The van der Waals surface area contributed by atoms with Gasteiger partial charge >= 0.3 is 5.97 Å². The maximum absolute atomic E-state index is 13.3. The van der Waals surface area contributed by atoms with Crippen molar-refractivity contribution in [2.45, 2.75) is 12.8 Å². The largest absolute Gasteiger partial charge is 0.462 e. The fourth-order valence-corrected chi connectivity index (χ4v) is 1.44. The van der Waals surface area contributed by atoms with Gasteiger partial charge in [-0.05, 0) is 13.0 Å². The molecule has 0 radical (unpaired) electrons. The maximum Gasteiger partial charge on any atom is 0.345 e. The van der Waals surface area contributed by atoms with E-state index in [-0.39, 0.29) is 23.6 Å². The van der Waals surface area contributed by atoms with Gasteiger partial charge in [0.15, 0.2) is 0 Å². The number of benzene rings is 1. The Morgan fingerprint density at radius 3 is 2.71 bits per heavy atom. The van der Waals surface area contributed by atoms with E-state index in [1.807, 2.05) is 0 Å². The second-order valence-electron chi connectivity index (χ2n) is 3.07. The van der Waals surface area contributed by atoms with Gasteiger partial charge in [-0.25, -0.2) is 9.18 Å². The highest BCUT2D eigenvalue weighted by molar-refractivity contribution is 6.17. The number of nitrogens with zero attached hydrogens (tertiary/aromatic N) is 1. The van der Waals surface area contributed by atoms with E-state index in [1.54, 1.807) is 6.92 Å². The first kappa shape index (κ1) is 13.4. The predicted molar refractivity (Wildman–Crippen MR) is 58.6 cm³/mol. The zero-order valence-electron chi connectivity index (χ0n) is 8.91. The Kier molecular flexibility index (Phi) is 4.39. The van der Waals surface area contributed by atoms with Gasteiger partial charge in [0, 0.05) is 5.56 Å². The third kappa shape index (κ3) is 2.91. The Hall–Kier alpha value is -1.69. The quantitative estimate of drug-likeness (QED) is 0.362. The summed E-state index contributed by atoms with van der Waals surface area (Å²) >= 11 is 5.46. The Labute approximate surface area is 101 Å². The van der Waals surface area contributed by atoms with Gasteiger partial charge in [-0.3, -0.25) is 10.1 Å². The molecule has 17 heavy (non-hydrogen) atoms. The number of nitro groups is 1. The zero-order valence-corrected chi connectivity index (χ0v) is 9.66. The molecule has 1 rings (SSSR count). The second-order valence-corrected chi connectivity index (χ2v) is 3.34. The molecule has 1 aromatic rings. The molecule has 0 amide bonds. The van der Waals surface area contributed by atoms with Crippen molar-refractivity contribution in [1.29, 1.82) is 0 Å². The summed E-state index contributed by atoms with van der Waals surface area (Å²) in [6.45, 7) is 1.64. The van der Waals surface area contributed by atoms with Crippen LogP contribution in [0, 0.1) is 15.9 Å². The molecule has 92 valence electrons. The molecule has 0 atom stereocenters. The van der Waals surface area contributed by atoms with Crippen molar-refractivity contribution in [3.05, 3.63) is 39.2 Å². The van der Waals surface area contributed by atoms with Crippen LogP contribution < -0.4 is 0 Å². The molecule has 5 nitrogen and oxygen atoms in total. The molecular formula is C10H9ClFNO4. The second kappa shape index (κ2) is 5.58. The summed E-state index contributed by atoms with van der Waals surface area (Å²) in [4.78, 5) is 21.3. The van der Waals surface area contributed by atoms with Crippen LogP contribution in [0.25, 0.3) is 0 Å². The van der Waals surface area contributed by atoms with Crippen molar-refractivity contribution in [1.82, 2.24) is 0 Å². The van der Waals surface area contributed by atoms with Crippen molar-refractivity contribution in [2.24, 2.45) is 0 Å². The number of halogens is 2. The lowest BCUT2D eigenvalue weighted by atomic mass is 10.1. The number of hydrogen-bond donors (Lipinski definition) is 0. The van der Waals surface area contributed by atoms with Crippen molar-refractivity contribution in [3.63, 3.8) is 0 Å². The molecule has 0 bridgehead atoms. The van der Waals surface area contributed by atoms with Crippen LogP contribution in [0.4, 0.5) is 10.1 Å². The summed E-state index contributed by atoms with van der Waals surface area (Å²) in [6.07, 6.45) is 0. The number of rotatable bonds is 4. The molecule has 1 aromatic carbocycles. The third-order valence-electron chi connectivity index (χ3n) is 2.00. The van der Waals surface area contributed by atoms with Crippen LogP contribution in [-0.4, -0.2) is 17.5 Å². The van der Waals surface area contributed by atoms with Crippen LogP contribution in [0.2, 0.25) is 0 Å². The molecule has 7 heteroatoms. The van der Waals surface area contributed by atoms with Crippen molar-refractivity contribution < 1.29 is 18.8 Å². The zero-order chi connectivity index (χ0) is 13.0. The number of carbonyl (C=O) groups excluding carboxylic acids is 1. The van der Waals surface area contributed by atoms with Gasteiger partial charge in [-0.15, -0.1) is 11.6 Å². The molecular weight excluding hydrogens is 253 g/mol. The highest BCUT2D eigenvalue weighted by Gasteiger charge is 2.24. The molecule has 0 aliphatic heterocycles. The lowest BCUT2D eigenvalue weighted by Crippen LogP contribution is -2.09. The normalized spacial score (nSPS) is 10.1. The first-order valence-corrected chi connectivity index (χ1v) is 5.24. The highest BCUT2D eigenvalue weighted by atomic mass is 35.5. The summed E-state index contributed by atoms with van der Waals surface area (Å²) in [5.74, 6) is -1.87. The fourth-order valence-electron chi connectivity index (χ4n) is 1.23. The van der Waals surface area contributed by atoms with E-state index >= 15 is 0 Å². The minimum Gasteiger partial charge on any atom is -0.462 e. The van der Waals surface area contributed by atoms with Crippen molar-refractivity contribution in [2.75, 3.05) is 6.61 Å². The first-order chi connectivity index (χ1) is 8.01. The lowest BCUT2D eigenvalue weighted by molar-refractivity contribution is -0.385. The average Bonchev–Trinajstić information content (AvgIpc) is 2.28. The molecule has 0 aliphatic carbocycles. The molecule has 0 aromatic heterocycles. The molecule has 0 saturated heterocycles. The Morgan fingerprint density at radius 1 is 1.59 bits per heavy atom. The number of hydrogen-bond acceptors (Lipinski definition) is 4. The fraction of sp³-hybridized carbons (Fsp3) is 0.300. The van der Waals surface area contributed by atoms with Gasteiger partial charge in [-0.2, -0.15) is 0 Å². The molecule has 0 aliphatic rings. The lowest BCUT2D eigenvalue weighted by Gasteiger charge is -2.05. The molecule has 0 unspecified atom stereocenters. The molecule has 0 N–H and O–H groups in total. The average molecular weight is 262 g/mol. The van der Waals surface area contributed by atoms with E-state index in [0.717, 1.165) is 6.07 Å². The molecule has 0 fully saturated rings. The summed E-state index contributed by atoms with van der Waals surface area (Å²) in [6, 6.07) is 1.71. The number of carbonyl (C=O) groups is 1. The number of alkyl halides is 1. The Morgan fingerprint density at radius 2 is 2.24 bits per heavy atom. The number of ether oxygens (including phenoxy) is 1. The summed E-state index contributed by atoms with van der Waals surface area (Å²) < 4.78 is 17.9. The van der Waals surface area contributed by atoms with Crippen LogP contribution in [-0.2, 0) is 10.6 Å². The van der Waals surface area contributed by atoms with Crippen molar-refractivity contribution >= 4 is 23.3 Å². The van der Waals surface area contributed by atoms with Gasteiger partial charge in [0.2, 0.25) is 0 Å².